The number of hydrogen-bond donors (Lipinski definition) is 4. The van der Waals surface area contributed by atoms with Crippen LogP contribution in [0, 0.1) is 11.8 Å². The first-order chi connectivity index (χ1) is 26.5. The van der Waals surface area contributed by atoms with Crippen molar-refractivity contribution in [1.82, 2.24) is 40.4 Å². The Hall–Kier alpha value is -5.66. The second-order valence-corrected chi connectivity index (χ2v) is 15.0. The Morgan fingerprint density at radius 1 is 0.818 bits per heavy atom. The molecule has 0 saturated carbocycles. The average Bonchev–Trinajstić information content (AvgIpc) is 4.01. The zero-order chi connectivity index (χ0) is 39.2. The number of H-pyrrole nitrogens is 2. The Labute approximate surface area is 321 Å². The quantitative estimate of drug-likeness (QED) is 0.131. The van der Waals surface area contributed by atoms with Crippen LogP contribution in [-0.4, -0.2) is 93.1 Å². The van der Waals surface area contributed by atoms with E-state index in [9.17, 15) is 19.2 Å². The minimum atomic E-state index is -0.682. The lowest BCUT2D eigenvalue weighted by atomic mass is 10.0. The topological polar surface area (TPSA) is 175 Å². The summed E-state index contributed by atoms with van der Waals surface area (Å²) in [6.45, 7) is 8.81. The fraction of sp³-hybridized carbons (Fsp3) is 0.463. The molecule has 2 fully saturated rings. The fourth-order valence-corrected chi connectivity index (χ4v) is 7.49. The normalized spacial score (nSPS) is 18.3. The first kappa shape index (κ1) is 39.0. The molecule has 4 heterocycles. The largest absolute Gasteiger partial charge is 0.453 e. The van der Waals surface area contributed by atoms with E-state index >= 15 is 0 Å². The molecule has 0 aliphatic carbocycles. The summed E-state index contributed by atoms with van der Waals surface area (Å²) < 4.78 is 9.50. The van der Waals surface area contributed by atoms with Gasteiger partial charge in [-0.25, -0.2) is 19.6 Å². The number of allylic oxidation sites excluding steroid dienone is 1. The molecule has 1 unspecified atom stereocenters. The van der Waals surface area contributed by atoms with Crippen LogP contribution in [-0.2, 0) is 25.5 Å². The van der Waals surface area contributed by atoms with Crippen LogP contribution in [0.5, 0.6) is 0 Å². The summed E-state index contributed by atoms with van der Waals surface area (Å²) in [5.74, 6) is 1.01. The van der Waals surface area contributed by atoms with Gasteiger partial charge >= 0.3 is 12.2 Å². The van der Waals surface area contributed by atoms with E-state index in [-0.39, 0.29) is 35.7 Å². The number of nitrogens with one attached hydrogen (secondary N) is 4. The van der Waals surface area contributed by atoms with E-state index in [1.165, 1.54) is 14.2 Å². The number of carbonyl (C=O) groups is 4. The van der Waals surface area contributed by atoms with E-state index in [4.69, 9.17) is 14.5 Å². The molecule has 2 aliphatic heterocycles. The number of alkyl carbamates (subject to hydrolysis) is 2. The Kier molecular flexibility index (Phi) is 12.2. The van der Waals surface area contributed by atoms with Gasteiger partial charge in [0, 0.05) is 13.1 Å². The van der Waals surface area contributed by atoms with Gasteiger partial charge in [0.2, 0.25) is 11.8 Å². The maximum atomic E-state index is 13.5. The minimum Gasteiger partial charge on any atom is -0.453 e. The van der Waals surface area contributed by atoms with Crippen molar-refractivity contribution in [2.24, 2.45) is 11.8 Å². The summed E-state index contributed by atoms with van der Waals surface area (Å²) in [5.41, 5.74) is 5.78. The number of aromatic amines is 2. The van der Waals surface area contributed by atoms with E-state index in [0.717, 1.165) is 77.2 Å². The second kappa shape index (κ2) is 17.2. The molecule has 0 bridgehead atoms. The molecule has 14 nitrogen and oxygen atoms in total. The smallest absolute Gasteiger partial charge is 0.407 e. The van der Waals surface area contributed by atoms with Crippen molar-refractivity contribution in [3.05, 3.63) is 77.5 Å². The van der Waals surface area contributed by atoms with Crippen molar-refractivity contribution in [1.29, 1.82) is 0 Å². The van der Waals surface area contributed by atoms with Crippen molar-refractivity contribution in [3.8, 4) is 11.3 Å². The van der Waals surface area contributed by atoms with E-state index < -0.39 is 24.3 Å². The molecule has 0 radical (unpaired) electrons. The van der Waals surface area contributed by atoms with Gasteiger partial charge < -0.3 is 39.9 Å². The van der Waals surface area contributed by atoms with Crippen molar-refractivity contribution >= 4 is 41.1 Å². The number of ether oxygens (including phenoxy) is 2. The van der Waals surface area contributed by atoms with Gasteiger partial charge in [0.05, 0.1) is 49.2 Å². The van der Waals surface area contributed by atoms with Crippen LogP contribution in [0.1, 0.15) is 88.2 Å². The number of likely N-dealkylation sites (tertiary alicyclic amines) is 2. The summed E-state index contributed by atoms with van der Waals surface area (Å²) in [7, 11) is 2.58. The number of hydrogen-bond acceptors (Lipinski definition) is 8. The summed E-state index contributed by atoms with van der Waals surface area (Å²) in [6, 6.07) is 12.7. The molecule has 0 spiro atoms. The number of benzene rings is 2. The van der Waals surface area contributed by atoms with Crippen molar-refractivity contribution < 1.29 is 28.7 Å². The number of carbonyl (C=O) groups excluding carboxylic acids is 4. The zero-order valence-corrected chi connectivity index (χ0v) is 32.4. The highest BCUT2D eigenvalue weighted by atomic mass is 16.5. The first-order valence-corrected chi connectivity index (χ1v) is 19.1. The molecule has 2 aliphatic rings. The van der Waals surface area contributed by atoms with Gasteiger partial charge in [0.1, 0.15) is 23.7 Å². The predicted molar refractivity (Wildman–Crippen MR) is 209 cm³/mol. The Morgan fingerprint density at radius 2 is 1.40 bits per heavy atom. The minimum absolute atomic E-state index is 0.0990. The SMILES string of the molecule is COC(=O)N[C@H](C(=O)N1CCCC1c1ncc(-c2ccc(CC=Cc3ccc4[nH]c([C@@H]5CCCN5C(=O)[C@@H](NC(=O)OC)C(C)C)nc4c3)cc2)[nH]1)C(C)C. The highest BCUT2D eigenvalue weighted by Crippen LogP contribution is 2.34. The molecule has 4 amide bonds. The van der Waals surface area contributed by atoms with E-state index in [0.29, 0.717) is 13.1 Å². The van der Waals surface area contributed by atoms with Gasteiger partial charge in [0.25, 0.3) is 0 Å². The maximum Gasteiger partial charge on any atom is 0.407 e. The molecule has 14 heteroatoms. The number of imidazole rings is 2. The van der Waals surface area contributed by atoms with Crippen LogP contribution >= 0.6 is 0 Å². The predicted octanol–water partition coefficient (Wildman–Crippen LogP) is 6.30. The molecular weight excluding hydrogens is 701 g/mol. The third-order valence-corrected chi connectivity index (χ3v) is 10.5. The van der Waals surface area contributed by atoms with Crippen molar-refractivity contribution in [2.45, 2.75) is 84.0 Å². The van der Waals surface area contributed by atoms with Crippen LogP contribution in [0.3, 0.4) is 0 Å². The number of amides is 4. The number of methoxy groups -OCH3 is 2. The van der Waals surface area contributed by atoms with E-state index in [2.05, 4.69) is 62.0 Å². The molecule has 4 N–H and O–H groups in total. The van der Waals surface area contributed by atoms with Crippen LogP contribution in [0.4, 0.5) is 9.59 Å². The highest BCUT2D eigenvalue weighted by molar-refractivity contribution is 5.87. The van der Waals surface area contributed by atoms with Crippen LogP contribution < -0.4 is 10.6 Å². The van der Waals surface area contributed by atoms with Gasteiger partial charge in [-0.3, -0.25) is 9.59 Å². The lowest BCUT2D eigenvalue weighted by molar-refractivity contribution is -0.136. The van der Waals surface area contributed by atoms with Crippen molar-refractivity contribution in [3.63, 3.8) is 0 Å². The monoisotopic (exact) mass is 752 g/mol. The van der Waals surface area contributed by atoms with Crippen LogP contribution in [0.25, 0.3) is 28.4 Å². The van der Waals surface area contributed by atoms with Gasteiger partial charge in [-0.2, -0.15) is 0 Å². The number of rotatable bonds is 12. The second-order valence-electron chi connectivity index (χ2n) is 15.0. The summed E-state index contributed by atoms with van der Waals surface area (Å²) in [5, 5.41) is 5.39. The maximum absolute atomic E-state index is 13.5. The molecule has 2 aromatic carbocycles. The third kappa shape index (κ3) is 8.84. The summed E-state index contributed by atoms with van der Waals surface area (Å²) in [6.07, 6.45) is 8.80. The molecule has 6 rings (SSSR count). The molecule has 2 saturated heterocycles. The van der Waals surface area contributed by atoms with Gasteiger partial charge in [-0.1, -0.05) is 70.2 Å². The lowest BCUT2D eigenvalue weighted by Gasteiger charge is -2.30. The number of nitrogens with zero attached hydrogens (tertiary/aromatic N) is 4. The number of fused-ring (bicyclic) bond motifs is 1. The van der Waals surface area contributed by atoms with Gasteiger partial charge in [-0.05, 0) is 72.8 Å². The summed E-state index contributed by atoms with van der Waals surface area (Å²) in [4.78, 5) is 71.0. The van der Waals surface area contributed by atoms with Gasteiger partial charge in [-0.15, -0.1) is 0 Å². The van der Waals surface area contributed by atoms with Crippen molar-refractivity contribution in [2.75, 3.05) is 27.3 Å². The van der Waals surface area contributed by atoms with Crippen LogP contribution in [0.2, 0.25) is 0 Å². The fourth-order valence-electron chi connectivity index (χ4n) is 7.49. The average molecular weight is 753 g/mol. The molecule has 55 heavy (non-hydrogen) atoms. The Bertz CT molecular complexity index is 2020. The van der Waals surface area contributed by atoms with E-state index in [1.807, 2.05) is 55.7 Å². The third-order valence-electron chi connectivity index (χ3n) is 10.5. The van der Waals surface area contributed by atoms with Crippen LogP contribution in [0.15, 0.2) is 54.7 Å². The van der Waals surface area contributed by atoms with Gasteiger partial charge in [0.15, 0.2) is 0 Å². The number of aromatic nitrogens is 4. The molecule has 4 atom stereocenters. The zero-order valence-electron chi connectivity index (χ0n) is 32.4. The Morgan fingerprint density at radius 3 is 1.96 bits per heavy atom. The molecule has 292 valence electrons. The lowest BCUT2D eigenvalue weighted by Crippen LogP contribution is -2.51. The van der Waals surface area contributed by atoms with E-state index in [1.54, 1.807) is 6.20 Å². The highest BCUT2D eigenvalue weighted by Gasteiger charge is 2.39. The summed E-state index contributed by atoms with van der Waals surface area (Å²) >= 11 is 0. The Balaban J connectivity index is 1.07. The molecule has 2 aromatic heterocycles. The molecule has 4 aromatic rings. The first-order valence-electron chi connectivity index (χ1n) is 19.1. The molecular formula is C41H52N8O6. The standard InChI is InChI=1S/C41H52N8O6/c1-24(2)34(46-40(52)54-5)38(50)48-20-8-12-32(48)36-42-23-31(45-36)28-17-14-26(15-18-28)10-7-11-27-16-19-29-30(22-27)44-37(43-29)33-13-9-21-49(33)39(51)35(25(3)4)47-41(53)55-6/h7,11,14-19,22-25,32-35H,8-10,12-13,20-21H2,1-6H3,(H,42,45)(H,43,44)(H,46,52)(H,47,53)/t32?,33-,34-,35-/m0/s1.